The van der Waals surface area contributed by atoms with E-state index in [1.165, 1.54) is 12.8 Å². The summed E-state index contributed by atoms with van der Waals surface area (Å²) in [4.78, 5) is 4.99. The summed E-state index contributed by atoms with van der Waals surface area (Å²) >= 11 is 7.62. The number of pyridine rings is 1. The molecule has 72 valence electrons. The smallest absolute Gasteiger partial charge is 0.0725 e. The lowest BCUT2D eigenvalue weighted by Gasteiger charge is -1.98. The zero-order valence-electron chi connectivity index (χ0n) is 7.66. The van der Waals surface area contributed by atoms with Gasteiger partial charge in [-0.3, -0.25) is 4.98 Å². The molecule has 1 aliphatic carbocycles. The first-order valence-electron chi connectivity index (χ1n) is 4.57. The second-order valence-electron chi connectivity index (χ2n) is 3.19. The number of hydrogen-bond donors (Lipinski definition) is 0. The minimum absolute atomic E-state index is 0.684. The van der Waals surface area contributed by atoms with Crippen LogP contribution in [-0.2, 0) is 0 Å². The number of aromatic nitrogens is 1. The lowest BCUT2D eigenvalue weighted by atomic mass is 10.4. The van der Waals surface area contributed by atoms with Crippen LogP contribution in [0.1, 0.15) is 12.8 Å². The van der Waals surface area contributed by atoms with E-state index < -0.39 is 0 Å². The molecule has 0 N–H and O–H groups in total. The van der Waals surface area contributed by atoms with Crippen LogP contribution < -0.4 is 0 Å². The fourth-order valence-electron chi connectivity index (χ4n) is 1.01. The summed E-state index contributed by atoms with van der Waals surface area (Å²) in [6.07, 6.45) is 5.99. The zero-order chi connectivity index (χ0) is 9.80. The van der Waals surface area contributed by atoms with E-state index in [9.17, 15) is 0 Å². The molecule has 1 saturated carbocycles. The topological polar surface area (TPSA) is 12.9 Å². The van der Waals surface area contributed by atoms with Crippen molar-refractivity contribution in [1.82, 2.24) is 4.98 Å². The maximum absolute atomic E-state index is 5.95. The number of thioether (sulfide) groups is 1. The highest BCUT2D eigenvalue weighted by Gasteiger charge is 2.17. The normalized spacial score (nSPS) is 14.6. The van der Waals surface area contributed by atoms with Gasteiger partial charge in [-0.25, -0.2) is 0 Å². The number of halogens is 1. The van der Waals surface area contributed by atoms with Gasteiger partial charge in [0, 0.05) is 23.2 Å². The second kappa shape index (κ2) is 4.72. The molecule has 0 aliphatic heterocycles. The molecule has 0 spiro atoms. The molecule has 2 rings (SSSR count). The summed E-state index contributed by atoms with van der Waals surface area (Å²) in [5.41, 5.74) is 0. The van der Waals surface area contributed by atoms with Crippen molar-refractivity contribution in [3.05, 3.63) is 23.5 Å². The summed E-state index contributed by atoms with van der Waals surface area (Å²) in [7, 11) is 0. The molecule has 0 amide bonds. The van der Waals surface area contributed by atoms with Crippen LogP contribution in [0.3, 0.4) is 0 Å². The van der Waals surface area contributed by atoms with Crippen LogP contribution in [0.5, 0.6) is 0 Å². The van der Waals surface area contributed by atoms with Crippen molar-refractivity contribution in [2.75, 3.05) is 5.75 Å². The average Bonchev–Trinajstić information content (AvgIpc) is 2.99. The first kappa shape index (κ1) is 9.89. The van der Waals surface area contributed by atoms with E-state index in [4.69, 9.17) is 11.6 Å². The van der Waals surface area contributed by atoms with E-state index in [1.54, 1.807) is 24.2 Å². The minimum Gasteiger partial charge on any atom is -0.263 e. The molecule has 1 nitrogen and oxygen atoms in total. The first-order valence-corrected chi connectivity index (χ1v) is 5.93. The Labute approximate surface area is 93.3 Å². The van der Waals surface area contributed by atoms with Crippen molar-refractivity contribution in [3.8, 4) is 11.8 Å². The largest absolute Gasteiger partial charge is 0.263 e. The lowest BCUT2D eigenvalue weighted by Crippen LogP contribution is -1.78. The van der Waals surface area contributed by atoms with Crippen LogP contribution in [0.4, 0.5) is 0 Å². The average molecular weight is 224 g/mol. The molecular formula is C11H10ClNS. The molecule has 0 saturated heterocycles. The van der Waals surface area contributed by atoms with Gasteiger partial charge in [0.25, 0.3) is 0 Å². The minimum atomic E-state index is 0.684. The molecule has 1 aromatic heterocycles. The van der Waals surface area contributed by atoms with Gasteiger partial charge in [0.2, 0.25) is 0 Å². The summed E-state index contributed by atoms with van der Waals surface area (Å²) < 4.78 is 0. The molecule has 1 aliphatic rings. The van der Waals surface area contributed by atoms with Crippen LogP contribution in [0, 0.1) is 17.8 Å². The van der Waals surface area contributed by atoms with E-state index in [-0.39, 0.29) is 0 Å². The van der Waals surface area contributed by atoms with Gasteiger partial charge in [-0.2, -0.15) is 0 Å². The highest BCUT2D eigenvalue weighted by Crippen LogP contribution is 2.28. The third-order valence-electron chi connectivity index (χ3n) is 1.92. The van der Waals surface area contributed by atoms with Crippen molar-refractivity contribution in [2.24, 2.45) is 5.92 Å². The van der Waals surface area contributed by atoms with Crippen molar-refractivity contribution in [1.29, 1.82) is 0 Å². The Balaban J connectivity index is 1.86. The quantitative estimate of drug-likeness (QED) is 0.564. The molecule has 3 heteroatoms. The fraction of sp³-hybridized carbons (Fsp3) is 0.364. The van der Waals surface area contributed by atoms with Gasteiger partial charge in [-0.1, -0.05) is 23.4 Å². The monoisotopic (exact) mass is 223 g/mol. The SMILES string of the molecule is Clc1cnccc1SCC#CC1CC1. The number of nitrogens with zero attached hydrogens (tertiary/aromatic N) is 1. The Bertz CT molecular complexity index is 376. The predicted octanol–water partition coefficient (Wildman–Crippen LogP) is 3.24. The number of rotatable bonds is 2. The highest BCUT2D eigenvalue weighted by atomic mass is 35.5. The maximum Gasteiger partial charge on any atom is 0.0725 e. The summed E-state index contributed by atoms with van der Waals surface area (Å²) in [6.45, 7) is 0. The fourth-order valence-corrected chi connectivity index (χ4v) is 1.95. The van der Waals surface area contributed by atoms with Crippen molar-refractivity contribution >= 4 is 23.4 Å². The summed E-state index contributed by atoms with van der Waals surface area (Å²) in [6, 6.07) is 1.92. The van der Waals surface area contributed by atoms with Gasteiger partial charge in [0.05, 0.1) is 10.8 Å². The molecule has 14 heavy (non-hydrogen) atoms. The molecule has 1 aromatic rings. The van der Waals surface area contributed by atoms with Crippen molar-refractivity contribution < 1.29 is 0 Å². The van der Waals surface area contributed by atoms with Gasteiger partial charge in [-0.15, -0.1) is 11.8 Å². The van der Waals surface area contributed by atoms with Crippen LogP contribution in [0.15, 0.2) is 23.4 Å². The summed E-state index contributed by atoms with van der Waals surface area (Å²) in [5.74, 6) is 7.88. The molecular weight excluding hydrogens is 214 g/mol. The van der Waals surface area contributed by atoms with Crippen molar-refractivity contribution in [2.45, 2.75) is 17.7 Å². The summed E-state index contributed by atoms with van der Waals surface area (Å²) in [5, 5.41) is 0.714. The Morgan fingerprint density at radius 2 is 2.43 bits per heavy atom. The van der Waals surface area contributed by atoms with Crippen LogP contribution in [-0.4, -0.2) is 10.7 Å². The molecule has 0 aromatic carbocycles. The molecule has 1 fully saturated rings. The van der Waals surface area contributed by atoms with Gasteiger partial charge in [0.15, 0.2) is 0 Å². The number of hydrogen-bond acceptors (Lipinski definition) is 2. The Morgan fingerprint density at radius 3 is 3.14 bits per heavy atom. The Morgan fingerprint density at radius 1 is 1.57 bits per heavy atom. The van der Waals surface area contributed by atoms with Crippen LogP contribution in [0.2, 0.25) is 5.02 Å². The van der Waals surface area contributed by atoms with Crippen LogP contribution >= 0.6 is 23.4 Å². The van der Waals surface area contributed by atoms with Gasteiger partial charge >= 0.3 is 0 Å². The van der Waals surface area contributed by atoms with E-state index in [2.05, 4.69) is 16.8 Å². The molecule has 1 heterocycles. The third kappa shape index (κ3) is 2.94. The highest BCUT2D eigenvalue weighted by molar-refractivity contribution is 7.99. The molecule has 0 atom stereocenters. The van der Waals surface area contributed by atoms with E-state index in [1.807, 2.05) is 6.07 Å². The maximum atomic E-state index is 5.95. The molecule has 0 bridgehead atoms. The Kier molecular flexibility index (Phi) is 3.34. The standard InChI is InChI=1S/C11H10ClNS/c12-10-8-13-6-5-11(10)14-7-1-2-9-3-4-9/h5-6,8-9H,3-4,7H2. The third-order valence-corrected chi connectivity index (χ3v) is 3.29. The van der Waals surface area contributed by atoms with Gasteiger partial charge in [-0.05, 0) is 18.9 Å². The zero-order valence-corrected chi connectivity index (χ0v) is 9.24. The van der Waals surface area contributed by atoms with E-state index in [0.29, 0.717) is 10.9 Å². The Hall–Kier alpha value is -0.650. The molecule has 0 radical (unpaired) electrons. The van der Waals surface area contributed by atoms with E-state index >= 15 is 0 Å². The second-order valence-corrected chi connectivity index (χ2v) is 4.61. The van der Waals surface area contributed by atoms with Gasteiger partial charge < -0.3 is 0 Å². The van der Waals surface area contributed by atoms with E-state index in [0.717, 1.165) is 10.6 Å². The predicted molar refractivity (Wildman–Crippen MR) is 60.5 cm³/mol. The first-order chi connectivity index (χ1) is 6.86. The van der Waals surface area contributed by atoms with Gasteiger partial charge in [0.1, 0.15) is 0 Å². The molecule has 0 unspecified atom stereocenters. The van der Waals surface area contributed by atoms with Crippen molar-refractivity contribution in [3.63, 3.8) is 0 Å². The van der Waals surface area contributed by atoms with Crippen LogP contribution in [0.25, 0.3) is 0 Å². The lowest BCUT2D eigenvalue weighted by molar-refractivity contribution is 1.18.